The molecule has 0 saturated heterocycles. The van der Waals surface area contributed by atoms with Crippen molar-refractivity contribution in [3.63, 3.8) is 0 Å². The molecule has 1 amide bonds. The second-order valence-electron chi connectivity index (χ2n) is 6.35. The lowest BCUT2D eigenvalue weighted by atomic mass is 10.1. The van der Waals surface area contributed by atoms with E-state index in [1.54, 1.807) is 6.07 Å². The highest BCUT2D eigenvalue weighted by Gasteiger charge is 2.19. The Labute approximate surface area is 159 Å². The lowest BCUT2D eigenvalue weighted by Crippen LogP contribution is -2.12. The van der Waals surface area contributed by atoms with Gasteiger partial charge in [0.15, 0.2) is 0 Å². The molecule has 0 aliphatic heterocycles. The first-order valence-electron chi connectivity index (χ1n) is 8.21. The van der Waals surface area contributed by atoms with Crippen LogP contribution < -0.4 is 5.32 Å². The fraction of sp³-hybridized carbons (Fsp3) is 0.200. The Balaban J connectivity index is 1.69. The van der Waals surface area contributed by atoms with E-state index in [1.807, 2.05) is 37.3 Å². The smallest absolute Gasteiger partial charge is 0.255 e. The minimum atomic E-state index is -0.147. The third-order valence-electron chi connectivity index (χ3n) is 4.64. The summed E-state index contributed by atoms with van der Waals surface area (Å²) in [7, 11) is 0. The van der Waals surface area contributed by atoms with Crippen LogP contribution in [0.15, 0.2) is 40.9 Å². The first-order chi connectivity index (χ1) is 12.0. The van der Waals surface area contributed by atoms with Crippen LogP contribution in [-0.2, 0) is 12.8 Å². The van der Waals surface area contributed by atoms with Crippen molar-refractivity contribution in [3.8, 4) is 0 Å². The zero-order chi connectivity index (χ0) is 17.6. The minimum absolute atomic E-state index is 0.147. The summed E-state index contributed by atoms with van der Waals surface area (Å²) in [6.07, 6.45) is 3.04. The Hall–Kier alpha value is -1.91. The first kappa shape index (κ1) is 16.6. The average Bonchev–Trinajstić information content (AvgIpc) is 3.05. The van der Waals surface area contributed by atoms with E-state index >= 15 is 0 Å². The molecule has 25 heavy (non-hydrogen) atoms. The monoisotopic (exact) mass is 414 g/mol. The van der Waals surface area contributed by atoms with Gasteiger partial charge in [-0.2, -0.15) is 0 Å². The number of amides is 1. The highest BCUT2D eigenvalue weighted by atomic mass is 79.9. The van der Waals surface area contributed by atoms with Crippen molar-refractivity contribution in [2.45, 2.75) is 26.2 Å². The van der Waals surface area contributed by atoms with Crippen molar-refractivity contribution in [1.29, 1.82) is 0 Å². The Kier molecular flexibility index (Phi) is 4.26. The second-order valence-corrected chi connectivity index (χ2v) is 7.64. The number of pyridine rings is 1. The molecule has 126 valence electrons. The first-order valence-corrected chi connectivity index (χ1v) is 9.38. The molecule has 3 nitrogen and oxygen atoms in total. The van der Waals surface area contributed by atoms with Gasteiger partial charge in [0.25, 0.3) is 5.91 Å². The van der Waals surface area contributed by atoms with Crippen LogP contribution >= 0.6 is 27.5 Å². The summed E-state index contributed by atoms with van der Waals surface area (Å²) in [5.41, 5.74) is 5.40. The number of benzene rings is 2. The maximum atomic E-state index is 12.6. The fourth-order valence-electron chi connectivity index (χ4n) is 3.31. The number of anilines is 1. The van der Waals surface area contributed by atoms with Gasteiger partial charge >= 0.3 is 0 Å². The topological polar surface area (TPSA) is 42.0 Å². The molecule has 0 atom stereocenters. The Bertz CT molecular complexity index is 1020. The summed E-state index contributed by atoms with van der Waals surface area (Å²) in [5, 5.41) is 4.67. The molecule has 0 spiro atoms. The maximum Gasteiger partial charge on any atom is 0.255 e. The minimum Gasteiger partial charge on any atom is -0.322 e. The van der Waals surface area contributed by atoms with Crippen LogP contribution in [-0.4, -0.2) is 10.9 Å². The molecule has 1 N–H and O–H groups in total. The standard InChI is InChI=1S/C20H16BrClN2O/c1-11-9-13(21)6-8-16(11)24-20(25)12-5-7-15-18(10-12)23-17-4-2-3-14(17)19(15)22/h5-10H,2-4H2,1H3,(H,24,25). The van der Waals surface area contributed by atoms with Crippen molar-refractivity contribution in [3.05, 3.63) is 68.3 Å². The number of hydrogen-bond acceptors (Lipinski definition) is 2. The van der Waals surface area contributed by atoms with E-state index in [0.29, 0.717) is 5.56 Å². The van der Waals surface area contributed by atoms with E-state index < -0.39 is 0 Å². The number of aromatic nitrogens is 1. The molecule has 5 heteroatoms. The van der Waals surface area contributed by atoms with Gasteiger partial charge in [-0.25, -0.2) is 0 Å². The van der Waals surface area contributed by atoms with Gasteiger partial charge in [0, 0.05) is 26.8 Å². The molecule has 1 heterocycles. The van der Waals surface area contributed by atoms with E-state index in [4.69, 9.17) is 16.6 Å². The van der Waals surface area contributed by atoms with Gasteiger partial charge in [-0.3, -0.25) is 9.78 Å². The van der Waals surface area contributed by atoms with Crippen molar-refractivity contribution >= 4 is 50.0 Å². The van der Waals surface area contributed by atoms with Crippen LogP contribution in [0.4, 0.5) is 5.69 Å². The van der Waals surface area contributed by atoms with Crippen molar-refractivity contribution in [1.82, 2.24) is 4.98 Å². The summed E-state index contributed by atoms with van der Waals surface area (Å²) in [6.45, 7) is 1.96. The fourth-order valence-corrected chi connectivity index (χ4v) is 4.15. The molecule has 3 aromatic rings. The lowest BCUT2D eigenvalue weighted by molar-refractivity contribution is 0.102. The SMILES string of the molecule is Cc1cc(Br)ccc1NC(=O)c1ccc2c(Cl)c3c(nc2c1)CCC3. The van der Waals surface area contributed by atoms with Crippen LogP contribution in [0.5, 0.6) is 0 Å². The van der Waals surface area contributed by atoms with E-state index in [2.05, 4.69) is 21.2 Å². The molecule has 2 aromatic carbocycles. The number of fused-ring (bicyclic) bond motifs is 2. The third-order valence-corrected chi connectivity index (χ3v) is 5.57. The normalized spacial score (nSPS) is 13.1. The molecule has 1 aliphatic carbocycles. The number of halogens is 2. The van der Waals surface area contributed by atoms with Crippen LogP contribution in [0.3, 0.4) is 0 Å². The second kappa shape index (κ2) is 6.43. The zero-order valence-corrected chi connectivity index (χ0v) is 16.0. The van der Waals surface area contributed by atoms with Crippen LogP contribution in [0.25, 0.3) is 10.9 Å². The number of nitrogens with zero attached hydrogens (tertiary/aromatic N) is 1. The van der Waals surface area contributed by atoms with Gasteiger partial charge in [-0.05, 0) is 67.6 Å². The number of nitrogens with one attached hydrogen (secondary N) is 1. The number of carbonyl (C=O) groups is 1. The molecule has 0 saturated carbocycles. The predicted molar refractivity (Wildman–Crippen MR) is 106 cm³/mol. The highest BCUT2D eigenvalue weighted by Crippen LogP contribution is 2.34. The maximum absolute atomic E-state index is 12.6. The predicted octanol–water partition coefficient (Wildman–Crippen LogP) is 5.70. The van der Waals surface area contributed by atoms with Crippen molar-refractivity contribution in [2.24, 2.45) is 0 Å². The number of aryl methyl sites for hydroxylation is 2. The van der Waals surface area contributed by atoms with Gasteiger partial charge in [0.05, 0.1) is 10.5 Å². The molecule has 1 aliphatic rings. The zero-order valence-electron chi connectivity index (χ0n) is 13.7. The van der Waals surface area contributed by atoms with Crippen molar-refractivity contribution in [2.75, 3.05) is 5.32 Å². The summed E-state index contributed by atoms with van der Waals surface area (Å²) in [5.74, 6) is -0.147. The number of rotatable bonds is 2. The van der Waals surface area contributed by atoms with E-state index in [0.717, 1.165) is 62.2 Å². The van der Waals surface area contributed by atoms with E-state index in [9.17, 15) is 4.79 Å². The van der Waals surface area contributed by atoms with Gasteiger partial charge in [0.1, 0.15) is 0 Å². The Morgan fingerprint density at radius 3 is 2.84 bits per heavy atom. The van der Waals surface area contributed by atoms with Gasteiger partial charge < -0.3 is 5.32 Å². The molecule has 4 rings (SSSR count). The van der Waals surface area contributed by atoms with Gasteiger partial charge in [-0.1, -0.05) is 33.6 Å². The summed E-state index contributed by atoms with van der Waals surface area (Å²) in [6, 6.07) is 11.3. The lowest BCUT2D eigenvalue weighted by Gasteiger charge is -2.11. The third kappa shape index (κ3) is 3.05. The van der Waals surface area contributed by atoms with E-state index in [1.165, 1.54) is 0 Å². The quantitative estimate of drug-likeness (QED) is 0.583. The molecule has 0 fully saturated rings. The van der Waals surface area contributed by atoms with Gasteiger partial charge in [-0.15, -0.1) is 0 Å². The average molecular weight is 416 g/mol. The molecule has 0 unspecified atom stereocenters. The molecular formula is C20H16BrClN2O. The molecular weight excluding hydrogens is 400 g/mol. The molecule has 0 bridgehead atoms. The molecule has 0 radical (unpaired) electrons. The highest BCUT2D eigenvalue weighted by molar-refractivity contribution is 9.10. The summed E-state index contributed by atoms with van der Waals surface area (Å²) in [4.78, 5) is 17.4. The Morgan fingerprint density at radius 2 is 2.04 bits per heavy atom. The van der Waals surface area contributed by atoms with Crippen LogP contribution in [0.2, 0.25) is 5.02 Å². The van der Waals surface area contributed by atoms with Crippen LogP contribution in [0, 0.1) is 6.92 Å². The summed E-state index contributed by atoms with van der Waals surface area (Å²) < 4.78 is 0.987. The van der Waals surface area contributed by atoms with Gasteiger partial charge in [0.2, 0.25) is 0 Å². The molecule has 1 aromatic heterocycles. The van der Waals surface area contributed by atoms with Crippen molar-refractivity contribution < 1.29 is 4.79 Å². The Morgan fingerprint density at radius 1 is 1.20 bits per heavy atom. The number of hydrogen-bond donors (Lipinski definition) is 1. The number of carbonyl (C=O) groups excluding carboxylic acids is 1. The van der Waals surface area contributed by atoms with E-state index in [-0.39, 0.29) is 5.91 Å². The van der Waals surface area contributed by atoms with Crippen LogP contribution in [0.1, 0.15) is 33.6 Å². The largest absolute Gasteiger partial charge is 0.322 e. The summed E-state index contributed by atoms with van der Waals surface area (Å²) >= 11 is 9.97.